The first-order valence-corrected chi connectivity index (χ1v) is 8.37. The molecule has 0 spiro atoms. The number of hydrogen-bond acceptors (Lipinski definition) is 5. The molecule has 3 aromatic rings. The lowest BCUT2D eigenvalue weighted by atomic mass is 10.2. The minimum Gasteiger partial charge on any atom is -0.277 e. The topological polar surface area (TPSA) is 61.1 Å². The second-order valence-electron chi connectivity index (χ2n) is 5.31. The lowest BCUT2D eigenvalue weighted by Crippen LogP contribution is -2.06. The van der Waals surface area contributed by atoms with Crippen LogP contribution in [0.2, 0.25) is 0 Å². The Morgan fingerprint density at radius 3 is 2.56 bits per heavy atom. The van der Waals surface area contributed by atoms with E-state index in [0.29, 0.717) is 11.3 Å². The van der Waals surface area contributed by atoms with Crippen molar-refractivity contribution in [2.75, 3.05) is 5.43 Å². The maximum atomic E-state index is 13.0. The molecule has 0 atom stereocenters. The number of anilines is 1. The normalized spacial score (nSPS) is 11.9. The average Bonchev–Trinajstić information content (AvgIpc) is 3.12. The number of thiazole rings is 1. The van der Waals surface area contributed by atoms with Crippen LogP contribution in [-0.2, 0) is 6.18 Å². The third kappa shape index (κ3) is 4.48. The summed E-state index contributed by atoms with van der Waals surface area (Å²) in [6.07, 6.45) is -4.47. The zero-order valence-corrected chi connectivity index (χ0v) is 14.3. The molecule has 3 rings (SSSR count). The highest BCUT2D eigenvalue weighted by atomic mass is 32.1. The molecule has 0 fully saturated rings. The SMILES string of the molecule is N#C/C(=N\Nc1cccc(C(F)(F)F)c1)c1nc(-c2ccc(F)cc2)cs1. The zero-order valence-electron chi connectivity index (χ0n) is 13.5. The summed E-state index contributed by atoms with van der Waals surface area (Å²) in [5, 5.41) is 15.1. The summed E-state index contributed by atoms with van der Waals surface area (Å²) < 4.78 is 51.2. The molecule has 0 saturated heterocycles. The van der Waals surface area contributed by atoms with Crippen LogP contribution in [0.25, 0.3) is 11.3 Å². The molecule has 0 amide bonds. The Bertz CT molecular complexity index is 1020. The molecule has 0 aliphatic carbocycles. The zero-order chi connectivity index (χ0) is 19.4. The lowest BCUT2D eigenvalue weighted by molar-refractivity contribution is -0.137. The molecule has 27 heavy (non-hydrogen) atoms. The van der Waals surface area contributed by atoms with Crippen LogP contribution in [0.5, 0.6) is 0 Å². The van der Waals surface area contributed by atoms with Crippen LogP contribution in [0.4, 0.5) is 23.2 Å². The molecule has 1 N–H and O–H groups in total. The van der Waals surface area contributed by atoms with Crippen LogP contribution in [0.1, 0.15) is 10.6 Å². The average molecular weight is 390 g/mol. The highest BCUT2D eigenvalue weighted by Gasteiger charge is 2.30. The van der Waals surface area contributed by atoms with E-state index < -0.39 is 11.7 Å². The fraction of sp³-hybridized carbons (Fsp3) is 0.0556. The first-order valence-electron chi connectivity index (χ1n) is 7.50. The summed E-state index contributed by atoms with van der Waals surface area (Å²) in [6, 6.07) is 12.0. The summed E-state index contributed by atoms with van der Waals surface area (Å²) >= 11 is 1.15. The number of benzene rings is 2. The fourth-order valence-corrected chi connectivity index (χ4v) is 2.91. The van der Waals surface area contributed by atoms with Gasteiger partial charge in [-0.1, -0.05) is 6.07 Å². The van der Waals surface area contributed by atoms with Crippen molar-refractivity contribution >= 4 is 22.7 Å². The number of rotatable bonds is 4. The lowest BCUT2D eigenvalue weighted by Gasteiger charge is -2.08. The van der Waals surface area contributed by atoms with Crippen molar-refractivity contribution in [1.29, 1.82) is 5.26 Å². The van der Waals surface area contributed by atoms with Crippen molar-refractivity contribution in [2.45, 2.75) is 6.18 Å². The summed E-state index contributed by atoms with van der Waals surface area (Å²) in [5.74, 6) is -0.376. The molecule has 0 saturated carbocycles. The maximum Gasteiger partial charge on any atom is 0.416 e. The van der Waals surface area contributed by atoms with E-state index in [1.165, 1.54) is 24.3 Å². The van der Waals surface area contributed by atoms with Gasteiger partial charge >= 0.3 is 6.18 Å². The summed E-state index contributed by atoms with van der Waals surface area (Å²) in [6.45, 7) is 0. The number of nitrogens with one attached hydrogen (secondary N) is 1. The van der Waals surface area contributed by atoms with E-state index in [1.807, 2.05) is 6.07 Å². The largest absolute Gasteiger partial charge is 0.416 e. The molecule has 0 aliphatic heterocycles. The molecule has 0 unspecified atom stereocenters. The van der Waals surface area contributed by atoms with Crippen LogP contribution < -0.4 is 5.43 Å². The highest BCUT2D eigenvalue weighted by Crippen LogP contribution is 2.30. The fourth-order valence-electron chi connectivity index (χ4n) is 2.14. The van der Waals surface area contributed by atoms with Crippen LogP contribution in [0.15, 0.2) is 59.0 Å². The molecule has 1 aromatic heterocycles. The van der Waals surface area contributed by atoms with Gasteiger partial charge in [-0.15, -0.1) is 11.3 Å². The van der Waals surface area contributed by atoms with Gasteiger partial charge in [-0.25, -0.2) is 9.37 Å². The summed E-state index contributed by atoms with van der Waals surface area (Å²) in [5.41, 5.74) is 2.84. The van der Waals surface area contributed by atoms with Gasteiger partial charge in [-0.05, 0) is 42.5 Å². The Balaban J connectivity index is 1.82. The first kappa shape index (κ1) is 18.5. The number of nitrogens with zero attached hydrogens (tertiary/aromatic N) is 3. The van der Waals surface area contributed by atoms with Gasteiger partial charge in [0.1, 0.15) is 11.9 Å². The third-order valence-electron chi connectivity index (χ3n) is 3.44. The third-order valence-corrected chi connectivity index (χ3v) is 4.29. The molecule has 2 aromatic carbocycles. The van der Waals surface area contributed by atoms with Crippen LogP contribution >= 0.6 is 11.3 Å². The smallest absolute Gasteiger partial charge is 0.277 e. The van der Waals surface area contributed by atoms with Gasteiger partial charge < -0.3 is 0 Å². The standard InChI is InChI=1S/C18H10F4N4S/c19-13-6-4-11(5-7-13)16-10-27-17(24-16)15(9-23)26-25-14-3-1-2-12(8-14)18(20,21)22/h1-8,10,25H/b26-15+. The van der Waals surface area contributed by atoms with Gasteiger partial charge in [0.2, 0.25) is 0 Å². The van der Waals surface area contributed by atoms with Crippen molar-refractivity contribution in [3.63, 3.8) is 0 Å². The summed E-state index contributed by atoms with van der Waals surface area (Å²) in [7, 11) is 0. The Labute approximate surface area is 155 Å². The minimum absolute atomic E-state index is 0.0780. The van der Waals surface area contributed by atoms with Crippen molar-refractivity contribution in [3.8, 4) is 17.3 Å². The molecule has 9 heteroatoms. The molecule has 136 valence electrons. The Hall–Kier alpha value is -3.25. The van der Waals surface area contributed by atoms with Crippen molar-refractivity contribution in [2.24, 2.45) is 5.10 Å². The van der Waals surface area contributed by atoms with E-state index in [9.17, 15) is 22.8 Å². The van der Waals surface area contributed by atoms with Gasteiger partial charge in [0.15, 0.2) is 10.7 Å². The minimum atomic E-state index is -4.47. The van der Waals surface area contributed by atoms with Gasteiger partial charge in [0.05, 0.1) is 16.9 Å². The van der Waals surface area contributed by atoms with E-state index in [2.05, 4.69) is 15.5 Å². The quantitative estimate of drug-likeness (QED) is 0.373. The molecule has 4 nitrogen and oxygen atoms in total. The van der Waals surface area contributed by atoms with Crippen molar-refractivity contribution in [1.82, 2.24) is 4.98 Å². The number of alkyl halides is 3. The van der Waals surface area contributed by atoms with E-state index in [0.717, 1.165) is 23.5 Å². The molecule has 0 bridgehead atoms. The van der Waals surface area contributed by atoms with Crippen LogP contribution in [0, 0.1) is 17.1 Å². The number of hydrazone groups is 1. The molecule has 1 heterocycles. The van der Waals surface area contributed by atoms with Crippen LogP contribution in [0.3, 0.4) is 0 Å². The molecular formula is C18H10F4N4S. The monoisotopic (exact) mass is 390 g/mol. The van der Waals surface area contributed by atoms with E-state index in [4.69, 9.17) is 0 Å². The summed E-state index contributed by atoms with van der Waals surface area (Å²) in [4.78, 5) is 4.27. The first-order chi connectivity index (χ1) is 12.9. The molecule has 0 radical (unpaired) electrons. The van der Waals surface area contributed by atoms with E-state index in [1.54, 1.807) is 17.5 Å². The van der Waals surface area contributed by atoms with Gasteiger partial charge in [-0.3, -0.25) is 5.43 Å². The maximum absolute atomic E-state index is 13.0. The van der Waals surface area contributed by atoms with Crippen molar-refractivity contribution in [3.05, 3.63) is 70.3 Å². The highest BCUT2D eigenvalue weighted by molar-refractivity contribution is 7.12. The number of aromatic nitrogens is 1. The van der Waals surface area contributed by atoms with E-state index >= 15 is 0 Å². The van der Waals surface area contributed by atoms with Crippen LogP contribution in [-0.4, -0.2) is 10.7 Å². The van der Waals surface area contributed by atoms with Gasteiger partial charge in [-0.2, -0.15) is 23.5 Å². The Morgan fingerprint density at radius 2 is 1.89 bits per heavy atom. The molecule has 0 aliphatic rings. The predicted octanol–water partition coefficient (Wildman–Crippen LogP) is 5.31. The molecular weight excluding hydrogens is 380 g/mol. The predicted molar refractivity (Wildman–Crippen MR) is 94.7 cm³/mol. The number of hydrogen-bond donors (Lipinski definition) is 1. The van der Waals surface area contributed by atoms with Gasteiger partial charge in [0.25, 0.3) is 0 Å². The van der Waals surface area contributed by atoms with E-state index in [-0.39, 0.29) is 22.2 Å². The number of nitriles is 1. The van der Waals surface area contributed by atoms with Crippen molar-refractivity contribution < 1.29 is 17.6 Å². The van der Waals surface area contributed by atoms with Gasteiger partial charge in [0, 0.05) is 10.9 Å². The second kappa shape index (κ2) is 7.55. The Kier molecular flexibility index (Phi) is 5.19. The number of halogens is 4. The Morgan fingerprint density at radius 1 is 1.15 bits per heavy atom. The second-order valence-corrected chi connectivity index (χ2v) is 6.17.